The topological polar surface area (TPSA) is 77.0 Å². The number of nitriles is 2. The molecule has 0 atom stereocenters. The lowest BCUT2D eigenvalue weighted by Gasteiger charge is -2.04. The van der Waals surface area contributed by atoms with E-state index in [1.807, 2.05) is 0 Å². The van der Waals surface area contributed by atoms with E-state index in [0.717, 1.165) is 0 Å². The van der Waals surface area contributed by atoms with Crippen molar-refractivity contribution in [3.63, 3.8) is 0 Å². The quantitative estimate of drug-likeness (QED) is 0.739. The van der Waals surface area contributed by atoms with Crippen molar-refractivity contribution in [2.75, 3.05) is 7.11 Å². The van der Waals surface area contributed by atoms with Crippen LogP contribution in [0.5, 0.6) is 11.5 Å². The summed E-state index contributed by atoms with van der Waals surface area (Å²) in [6.45, 7) is 0. The van der Waals surface area contributed by atoms with Crippen molar-refractivity contribution in [3.05, 3.63) is 29.3 Å². The van der Waals surface area contributed by atoms with Crippen LogP contribution in [0.4, 0.5) is 0 Å². The Bertz CT molecular complexity index is 462. The number of rotatable bonds is 2. The molecule has 0 heterocycles. The van der Waals surface area contributed by atoms with Crippen LogP contribution in [0, 0.1) is 22.7 Å². The molecule has 4 nitrogen and oxygen atoms in total. The molecule has 1 rings (SSSR count). The van der Waals surface area contributed by atoms with E-state index in [-0.39, 0.29) is 11.3 Å². The second kappa shape index (κ2) is 4.69. The Morgan fingerprint density at radius 3 is 2.60 bits per heavy atom. The number of hydrogen-bond donors (Lipinski definition) is 1. The molecule has 0 bridgehead atoms. The highest BCUT2D eigenvalue weighted by molar-refractivity contribution is 5.68. The Morgan fingerprint density at radius 2 is 2.07 bits per heavy atom. The minimum Gasteiger partial charge on any atom is -0.504 e. The highest BCUT2D eigenvalue weighted by Gasteiger charge is 2.05. The SMILES string of the molecule is COc1cccc(C=C(C#N)C#N)c1O. The Balaban J connectivity index is 3.24. The second-order valence-corrected chi connectivity index (χ2v) is 2.68. The largest absolute Gasteiger partial charge is 0.504 e. The number of hydrogen-bond acceptors (Lipinski definition) is 4. The molecule has 0 unspecified atom stereocenters. The van der Waals surface area contributed by atoms with Crippen LogP contribution in [0.25, 0.3) is 6.08 Å². The molecule has 0 aromatic heterocycles. The van der Waals surface area contributed by atoms with E-state index in [1.165, 1.54) is 13.2 Å². The lowest BCUT2D eigenvalue weighted by Crippen LogP contribution is -1.85. The first-order valence-corrected chi connectivity index (χ1v) is 4.10. The van der Waals surface area contributed by atoms with Gasteiger partial charge in [0.1, 0.15) is 17.7 Å². The summed E-state index contributed by atoms with van der Waals surface area (Å²) in [5.41, 5.74) is 0.311. The summed E-state index contributed by atoms with van der Waals surface area (Å²) in [5, 5.41) is 26.7. The predicted octanol–water partition coefficient (Wildman–Crippen LogP) is 1.83. The first-order chi connectivity index (χ1) is 7.22. The molecule has 0 saturated heterocycles. The summed E-state index contributed by atoms with van der Waals surface area (Å²) in [7, 11) is 1.43. The van der Waals surface area contributed by atoms with Gasteiger partial charge in [-0.3, -0.25) is 0 Å². The standard InChI is InChI=1S/C11H8N2O2/c1-15-10-4-2-3-9(11(10)14)5-8(6-12)7-13/h2-5,14H,1H3. The molecule has 0 saturated carbocycles. The van der Waals surface area contributed by atoms with Crippen molar-refractivity contribution in [1.82, 2.24) is 0 Å². The minimum absolute atomic E-state index is 0.0708. The summed E-state index contributed by atoms with van der Waals surface area (Å²) in [6, 6.07) is 8.27. The zero-order valence-electron chi connectivity index (χ0n) is 8.06. The molecule has 0 amide bonds. The van der Waals surface area contributed by atoms with Crippen LogP contribution < -0.4 is 4.74 Å². The zero-order chi connectivity index (χ0) is 11.3. The van der Waals surface area contributed by atoms with Gasteiger partial charge in [-0.15, -0.1) is 0 Å². The molecule has 1 aromatic rings. The number of ether oxygens (including phenoxy) is 1. The molecule has 1 aromatic carbocycles. The molecular formula is C11H8N2O2. The Hall–Kier alpha value is -2.46. The molecule has 0 fully saturated rings. The Kier molecular flexibility index (Phi) is 3.32. The molecule has 1 N–H and O–H groups in total. The van der Waals surface area contributed by atoms with Crippen LogP contribution in [0.2, 0.25) is 0 Å². The summed E-state index contributed by atoms with van der Waals surface area (Å²) in [5.74, 6) is 0.224. The van der Waals surface area contributed by atoms with Gasteiger partial charge in [0, 0.05) is 5.56 Å². The van der Waals surface area contributed by atoms with Crippen molar-refractivity contribution < 1.29 is 9.84 Å². The Labute approximate surface area is 87.3 Å². The number of methoxy groups -OCH3 is 1. The number of benzene rings is 1. The van der Waals surface area contributed by atoms with Crippen molar-refractivity contribution in [2.24, 2.45) is 0 Å². The number of aromatic hydroxyl groups is 1. The van der Waals surface area contributed by atoms with Gasteiger partial charge in [0.05, 0.1) is 7.11 Å². The van der Waals surface area contributed by atoms with Gasteiger partial charge in [0.25, 0.3) is 0 Å². The zero-order valence-corrected chi connectivity index (χ0v) is 8.06. The van der Waals surface area contributed by atoms with Crippen LogP contribution in [0.3, 0.4) is 0 Å². The van der Waals surface area contributed by atoms with Crippen LogP contribution in [-0.2, 0) is 0 Å². The van der Waals surface area contributed by atoms with Gasteiger partial charge in [-0.2, -0.15) is 10.5 Å². The number of nitrogens with zero attached hydrogens (tertiary/aromatic N) is 2. The maximum Gasteiger partial charge on any atom is 0.165 e. The van der Waals surface area contributed by atoms with Crippen LogP contribution >= 0.6 is 0 Å². The molecule has 0 spiro atoms. The van der Waals surface area contributed by atoms with Gasteiger partial charge < -0.3 is 9.84 Å². The maximum atomic E-state index is 9.64. The number of phenolic OH excluding ortho intramolecular Hbond substituents is 1. The Morgan fingerprint density at radius 1 is 1.40 bits per heavy atom. The van der Waals surface area contributed by atoms with Crippen molar-refractivity contribution >= 4 is 6.08 Å². The van der Waals surface area contributed by atoms with Gasteiger partial charge in [-0.25, -0.2) is 0 Å². The second-order valence-electron chi connectivity index (χ2n) is 2.68. The normalized spacial score (nSPS) is 8.47. The third-order valence-corrected chi connectivity index (χ3v) is 1.79. The first-order valence-electron chi connectivity index (χ1n) is 4.10. The average molecular weight is 200 g/mol. The van der Waals surface area contributed by atoms with Gasteiger partial charge >= 0.3 is 0 Å². The van der Waals surface area contributed by atoms with Crippen molar-refractivity contribution in [1.29, 1.82) is 10.5 Å². The lowest BCUT2D eigenvalue weighted by atomic mass is 10.1. The first kappa shape index (κ1) is 10.6. The van der Waals surface area contributed by atoms with Crippen molar-refractivity contribution in [2.45, 2.75) is 0 Å². The fraction of sp³-hybridized carbons (Fsp3) is 0.0909. The highest BCUT2D eigenvalue weighted by atomic mass is 16.5. The van der Waals surface area contributed by atoms with E-state index in [9.17, 15) is 5.11 Å². The van der Waals surface area contributed by atoms with Crippen molar-refractivity contribution in [3.8, 4) is 23.6 Å². The van der Waals surface area contributed by atoms with Crippen LogP contribution in [0.1, 0.15) is 5.56 Å². The van der Waals surface area contributed by atoms with Gasteiger partial charge in [-0.1, -0.05) is 12.1 Å². The number of para-hydroxylation sites is 1. The van der Waals surface area contributed by atoms with Gasteiger partial charge in [0.15, 0.2) is 11.5 Å². The van der Waals surface area contributed by atoms with E-state index in [2.05, 4.69) is 0 Å². The van der Waals surface area contributed by atoms with E-state index < -0.39 is 0 Å². The number of allylic oxidation sites excluding steroid dienone is 1. The molecule has 15 heavy (non-hydrogen) atoms. The predicted molar refractivity (Wildman–Crippen MR) is 53.9 cm³/mol. The third kappa shape index (κ3) is 2.26. The molecule has 0 radical (unpaired) electrons. The highest BCUT2D eigenvalue weighted by Crippen LogP contribution is 2.30. The van der Waals surface area contributed by atoms with E-state index in [0.29, 0.717) is 11.3 Å². The molecule has 0 aliphatic rings. The molecule has 0 aliphatic heterocycles. The monoisotopic (exact) mass is 200 g/mol. The fourth-order valence-electron chi connectivity index (χ4n) is 1.07. The smallest absolute Gasteiger partial charge is 0.165 e. The van der Waals surface area contributed by atoms with E-state index in [1.54, 1.807) is 30.3 Å². The fourth-order valence-corrected chi connectivity index (χ4v) is 1.07. The van der Waals surface area contributed by atoms with E-state index in [4.69, 9.17) is 15.3 Å². The third-order valence-electron chi connectivity index (χ3n) is 1.79. The summed E-state index contributed by atoms with van der Waals surface area (Å²) in [6.07, 6.45) is 1.30. The molecular weight excluding hydrogens is 192 g/mol. The molecule has 74 valence electrons. The number of phenols is 1. The summed E-state index contributed by atoms with van der Waals surface area (Å²) >= 11 is 0. The van der Waals surface area contributed by atoms with E-state index >= 15 is 0 Å². The molecule has 0 aliphatic carbocycles. The van der Waals surface area contributed by atoms with Gasteiger partial charge in [0.2, 0.25) is 0 Å². The maximum absolute atomic E-state index is 9.64. The van der Waals surface area contributed by atoms with Crippen LogP contribution in [-0.4, -0.2) is 12.2 Å². The summed E-state index contributed by atoms with van der Waals surface area (Å²) < 4.78 is 4.89. The average Bonchev–Trinajstić information content (AvgIpc) is 2.28. The molecule has 4 heteroatoms. The van der Waals surface area contributed by atoms with Gasteiger partial charge in [-0.05, 0) is 12.1 Å². The lowest BCUT2D eigenvalue weighted by molar-refractivity contribution is 0.373. The summed E-state index contributed by atoms with van der Waals surface area (Å²) in [4.78, 5) is 0. The van der Waals surface area contributed by atoms with Crippen LogP contribution in [0.15, 0.2) is 23.8 Å². The minimum atomic E-state index is -0.0806.